The lowest BCUT2D eigenvalue weighted by molar-refractivity contribution is 0.340. The molecule has 1 saturated heterocycles. The van der Waals surface area contributed by atoms with Crippen LogP contribution in [0.3, 0.4) is 0 Å². The summed E-state index contributed by atoms with van der Waals surface area (Å²) in [4.78, 5) is 5.93. The van der Waals surface area contributed by atoms with Crippen molar-refractivity contribution < 1.29 is 21.9 Å². The Morgan fingerprint density at radius 3 is 2.38 bits per heavy atom. The molecule has 0 bridgehead atoms. The van der Waals surface area contributed by atoms with Gasteiger partial charge in [-0.05, 0) is 49.6 Å². The van der Waals surface area contributed by atoms with Gasteiger partial charge in [0.05, 0.1) is 17.6 Å². The van der Waals surface area contributed by atoms with E-state index in [-0.39, 0.29) is 0 Å². The summed E-state index contributed by atoms with van der Waals surface area (Å²) in [5, 5.41) is 2.02. The number of sulfone groups is 1. The highest BCUT2D eigenvalue weighted by atomic mass is 32.2. The number of hydrogen-bond donors (Lipinski definition) is 0. The fraction of sp³-hybridized carbons (Fsp3) is 0.348. The van der Waals surface area contributed by atoms with E-state index in [2.05, 4.69) is 0 Å². The Hall–Kier alpha value is -2.52. The van der Waals surface area contributed by atoms with Gasteiger partial charge >= 0.3 is 0 Å². The summed E-state index contributed by atoms with van der Waals surface area (Å²) in [6.45, 7) is 3.51. The van der Waals surface area contributed by atoms with Gasteiger partial charge in [0.25, 0.3) is 0 Å². The minimum atomic E-state index is -4.08. The molecule has 0 radical (unpaired) electrons. The van der Waals surface area contributed by atoms with Gasteiger partial charge in [0.15, 0.2) is 15.0 Å². The standard InChI is InChI=1S/C23H24F2N2O3S2/c1-2-30-18-8-6-16(7-9-18)14-17-15-31-23(26-17)27-12-10-19(11-13-27)32(28,29)22-20(24)4-3-5-21(22)25/h3-9,15,19H,2,10-14H2,1H3. The quantitative estimate of drug-likeness (QED) is 0.486. The van der Waals surface area contributed by atoms with Crippen molar-refractivity contribution in [2.24, 2.45) is 0 Å². The summed E-state index contributed by atoms with van der Waals surface area (Å²) in [5.41, 5.74) is 2.07. The van der Waals surface area contributed by atoms with E-state index in [0.29, 0.717) is 39.0 Å². The summed E-state index contributed by atoms with van der Waals surface area (Å²) in [6, 6.07) is 11.0. The van der Waals surface area contributed by atoms with Crippen LogP contribution in [-0.4, -0.2) is 38.3 Å². The van der Waals surface area contributed by atoms with Crippen LogP contribution in [0.15, 0.2) is 52.7 Å². The van der Waals surface area contributed by atoms with E-state index in [1.165, 1.54) is 17.4 Å². The molecule has 0 amide bonds. The highest BCUT2D eigenvalue weighted by Gasteiger charge is 2.35. The second-order valence-corrected chi connectivity index (χ2v) is 10.7. The predicted molar refractivity (Wildman–Crippen MR) is 121 cm³/mol. The molecule has 0 aliphatic carbocycles. The van der Waals surface area contributed by atoms with Crippen molar-refractivity contribution in [3.8, 4) is 5.75 Å². The van der Waals surface area contributed by atoms with E-state index < -0.39 is 31.6 Å². The first-order chi connectivity index (χ1) is 15.4. The van der Waals surface area contributed by atoms with Crippen molar-refractivity contribution in [1.29, 1.82) is 0 Å². The van der Waals surface area contributed by atoms with Gasteiger partial charge in [0.1, 0.15) is 22.3 Å². The van der Waals surface area contributed by atoms with Crippen LogP contribution in [0.1, 0.15) is 31.0 Å². The third-order valence-electron chi connectivity index (χ3n) is 5.51. The molecule has 170 valence electrons. The molecule has 5 nitrogen and oxygen atoms in total. The molecule has 0 N–H and O–H groups in total. The van der Waals surface area contributed by atoms with E-state index >= 15 is 0 Å². The maximum atomic E-state index is 14.0. The van der Waals surface area contributed by atoms with Crippen LogP contribution in [0.5, 0.6) is 5.75 Å². The largest absolute Gasteiger partial charge is 0.494 e. The Labute approximate surface area is 190 Å². The molecule has 1 fully saturated rings. The first-order valence-electron chi connectivity index (χ1n) is 10.5. The van der Waals surface area contributed by atoms with Gasteiger partial charge in [0, 0.05) is 24.9 Å². The monoisotopic (exact) mass is 478 g/mol. The van der Waals surface area contributed by atoms with Crippen molar-refractivity contribution in [3.05, 3.63) is 70.7 Å². The van der Waals surface area contributed by atoms with Crippen molar-refractivity contribution in [3.63, 3.8) is 0 Å². The van der Waals surface area contributed by atoms with Gasteiger partial charge in [-0.25, -0.2) is 22.2 Å². The molecule has 32 heavy (non-hydrogen) atoms. The third kappa shape index (κ3) is 4.78. The SMILES string of the molecule is CCOc1ccc(Cc2csc(N3CCC(S(=O)(=O)c4c(F)cccc4F)CC3)n2)cc1. The molecule has 3 aromatic rings. The smallest absolute Gasteiger partial charge is 0.187 e. The van der Waals surface area contributed by atoms with Gasteiger partial charge in [-0.1, -0.05) is 18.2 Å². The summed E-state index contributed by atoms with van der Waals surface area (Å²) in [7, 11) is -4.08. The van der Waals surface area contributed by atoms with Gasteiger partial charge < -0.3 is 9.64 Å². The van der Waals surface area contributed by atoms with Crippen LogP contribution >= 0.6 is 11.3 Å². The van der Waals surface area contributed by atoms with Crippen molar-refractivity contribution in [2.45, 2.75) is 36.3 Å². The average Bonchev–Trinajstić information content (AvgIpc) is 3.24. The van der Waals surface area contributed by atoms with Crippen LogP contribution in [0.2, 0.25) is 0 Å². The Kier molecular flexibility index (Phi) is 6.76. The average molecular weight is 479 g/mol. The zero-order valence-electron chi connectivity index (χ0n) is 17.6. The Morgan fingerprint density at radius 2 is 1.75 bits per heavy atom. The molecule has 9 heteroatoms. The van der Waals surface area contributed by atoms with Gasteiger partial charge in [-0.15, -0.1) is 11.3 Å². The van der Waals surface area contributed by atoms with Crippen LogP contribution in [0.25, 0.3) is 0 Å². The maximum absolute atomic E-state index is 14.0. The fourth-order valence-corrected chi connectivity index (χ4v) is 6.60. The summed E-state index contributed by atoms with van der Waals surface area (Å²) in [6.07, 6.45) is 1.29. The van der Waals surface area contributed by atoms with E-state index in [1.54, 1.807) is 0 Å². The molecule has 0 saturated carbocycles. The minimum Gasteiger partial charge on any atom is -0.494 e. The van der Waals surface area contributed by atoms with E-state index in [0.717, 1.165) is 34.3 Å². The molecule has 2 aromatic carbocycles. The topological polar surface area (TPSA) is 59.5 Å². The number of piperidine rings is 1. The number of rotatable bonds is 7. The first kappa shape index (κ1) is 22.7. The van der Waals surface area contributed by atoms with Crippen LogP contribution in [0, 0.1) is 11.6 Å². The molecular weight excluding hydrogens is 454 g/mol. The molecule has 4 rings (SSSR count). The molecular formula is C23H24F2N2O3S2. The lowest BCUT2D eigenvalue weighted by Crippen LogP contribution is -2.39. The highest BCUT2D eigenvalue weighted by molar-refractivity contribution is 7.92. The summed E-state index contributed by atoms with van der Waals surface area (Å²) >= 11 is 1.52. The maximum Gasteiger partial charge on any atom is 0.187 e. The molecule has 1 aromatic heterocycles. The minimum absolute atomic E-state index is 0.296. The third-order valence-corrected chi connectivity index (χ3v) is 8.77. The molecule has 0 spiro atoms. The number of halogens is 2. The number of anilines is 1. The Bertz CT molecular complexity index is 1150. The molecule has 0 atom stereocenters. The lowest BCUT2D eigenvalue weighted by atomic mass is 10.1. The number of hydrogen-bond acceptors (Lipinski definition) is 6. The molecule has 1 aliphatic heterocycles. The fourth-order valence-electron chi connectivity index (χ4n) is 3.88. The molecule has 1 aliphatic rings. The zero-order chi connectivity index (χ0) is 22.7. The molecule has 0 unspecified atom stereocenters. The van der Waals surface area contributed by atoms with Crippen LogP contribution in [0.4, 0.5) is 13.9 Å². The van der Waals surface area contributed by atoms with Crippen molar-refractivity contribution in [2.75, 3.05) is 24.6 Å². The number of ether oxygens (including phenoxy) is 1. The summed E-state index contributed by atoms with van der Waals surface area (Å²) < 4.78 is 59.2. The van der Waals surface area contributed by atoms with E-state index in [1.807, 2.05) is 41.5 Å². The van der Waals surface area contributed by atoms with E-state index in [9.17, 15) is 17.2 Å². The number of aromatic nitrogens is 1. The Morgan fingerprint density at radius 1 is 1.09 bits per heavy atom. The Balaban J connectivity index is 1.39. The van der Waals surface area contributed by atoms with Crippen LogP contribution < -0.4 is 9.64 Å². The van der Waals surface area contributed by atoms with Gasteiger partial charge in [-0.3, -0.25) is 0 Å². The normalized spacial score (nSPS) is 15.2. The number of thiazole rings is 1. The van der Waals surface area contributed by atoms with E-state index in [4.69, 9.17) is 9.72 Å². The van der Waals surface area contributed by atoms with Crippen molar-refractivity contribution >= 4 is 26.3 Å². The summed E-state index contributed by atoms with van der Waals surface area (Å²) in [5.74, 6) is -1.24. The second kappa shape index (κ2) is 9.54. The van der Waals surface area contributed by atoms with Gasteiger partial charge in [-0.2, -0.15) is 0 Å². The number of nitrogens with zero attached hydrogens (tertiary/aromatic N) is 2. The zero-order valence-corrected chi connectivity index (χ0v) is 19.3. The molecule has 2 heterocycles. The second-order valence-electron chi connectivity index (χ2n) is 7.66. The predicted octanol–water partition coefficient (Wildman–Crippen LogP) is 4.85. The van der Waals surface area contributed by atoms with Crippen molar-refractivity contribution in [1.82, 2.24) is 4.98 Å². The van der Waals surface area contributed by atoms with Crippen LogP contribution in [-0.2, 0) is 16.3 Å². The highest BCUT2D eigenvalue weighted by Crippen LogP contribution is 2.31. The van der Waals surface area contributed by atoms with Gasteiger partial charge in [0.2, 0.25) is 0 Å². The first-order valence-corrected chi connectivity index (χ1v) is 12.9. The lowest BCUT2D eigenvalue weighted by Gasteiger charge is -2.31. The number of benzene rings is 2.